The molecule has 2 nitrogen and oxygen atoms in total. The van der Waals surface area contributed by atoms with Gasteiger partial charge in [-0.3, -0.25) is 4.79 Å². The standard InChI is InChI=1S/C13H20O2SSi/c1-15-13(14)9-10-16-11-7-5-6-8-12(11)17(2,3)4/h5-8H,9-10H2,1-4H3. The van der Waals surface area contributed by atoms with E-state index >= 15 is 0 Å². The fourth-order valence-electron chi connectivity index (χ4n) is 1.56. The minimum Gasteiger partial charge on any atom is -0.469 e. The first-order chi connectivity index (χ1) is 7.95. The lowest BCUT2D eigenvalue weighted by Crippen LogP contribution is -2.38. The number of rotatable bonds is 5. The fourth-order valence-corrected chi connectivity index (χ4v) is 5.00. The van der Waals surface area contributed by atoms with Crippen molar-refractivity contribution in [2.24, 2.45) is 0 Å². The molecule has 0 spiro atoms. The van der Waals surface area contributed by atoms with Gasteiger partial charge in [-0.2, -0.15) is 0 Å². The Morgan fingerprint density at radius 3 is 2.53 bits per heavy atom. The van der Waals surface area contributed by atoms with Crippen molar-refractivity contribution in [3.8, 4) is 0 Å². The SMILES string of the molecule is COC(=O)CCSc1ccccc1[Si](C)(C)C. The molecule has 0 saturated carbocycles. The summed E-state index contributed by atoms with van der Waals surface area (Å²) in [6.07, 6.45) is 0.473. The zero-order chi connectivity index (χ0) is 12.9. The second-order valence-corrected chi connectivity index (χ2v) is 11.1. The second kappa shape index (κ2) is 6.26. The highest BCUT2D eigenvalue weighted by Crippen LogP contribution is 2.20. The number of carbonyl (C=O) groups excluding carboxylic acids is 1. The molecule has 4 heteroatoms. The van der Waals surface area contributed by atoms with E-state index < -0.39 is 8.07 Å². The average molecular weight is 268 g/mol. The highest BCUT2D eigenvalue weighted by Gasteiger charge is 2.19. The molecule has 1 rings (SSSR count). The van der Waals surface area contributed by atoms with Crippen LogP contribution in [0.2, 0.25) is 19.6 Å². The number of carbonyl (C=O) groups is 1. The molecule has 0 bridgehead atoms. The number of ether oxygens (including phenoxy) is 1. The summed E-state index contributed by atoms with van der Waals surface area (Å²) in [5.41, 5.74) is 0. The minimum absolute atomic E-state index is 0.136. The Hall–Kier alpha value is -0.743. The summed E-state index contributed by atoms with van der Waals surface area (Å²) in [4.78, 5) is 12.4. The molecule has 0 unspecified atom stereocenters. The van der Waals surface area contributed by atoms with Crippen LogP contribution in [-0.2, 0) is 9.53 Å². The Kier molecular flexibility index (Phi) is 5.27. The normalized spacial score (nSPS) is 11.3. The number of benzene rings is 1. The molecule has 0 aliphatic heterocycles. The third-order valence-corrected chi connectivity index (χ3v) is 5.79. The average Bonchev–Trinajstić information content (AvgIpc) is 2.28. The van der Waals surface area contributed by atoms with Crippen LogP contribution in [0.15, 0.2) is 29.2 Å². The topological polar surface area (TPSA) is 26.3 Å². The van der Waals surface area contributed by atoms with E-state index in [9.17, 15) is 4.79 Å². The predicted molar refractivity (Wildman–Crippen MR) is 76.8 cm³/mol. The molecule has 0 aliphatic carbocycles. The zero-order valence-electron chi connectivity index (χ0n) is 10.9. The van der Waals surface area contributed by atoms with Gasteiger partial charge in [-0.15, -0.1) is 11.8 Å². The molecule has 0 heterocycles. The van der Waals surface area contributed by atoms with Gasteiger partial charge in [0, 0.05) is 10.6 Å². The van der Waals surface area contributed by atoms with E-state index in [0.717, 1.165) is 5.75 Å². The number of thioether (sulfide) groups is 1. The molecule has 1 aromatic rings. The molecule has 0 fully saturated rings. The van der Waals surface area contributed by atoms with E-state index in [-0.39, 0.29) is 5.97 Å². The molecule has 0 saturated heterocycles. The van der Waals surface area contributed by atoms with Crippen LogP contribution >= 0.6 is 11.8 Å². The summed E-state index contributed by atoms with van der Waals surface area (Å²) in [6.45, 7) is 7.02. The third-order valence-electron chi connectivity index (χ3n) is 2.49. The maximum atomic E-state index is 11.1. The lowest BCUT2D eigenvalue weighted by atomic mass is 10.4. The van der Waals surface area contributed by atoms with Gasteiger partial charge < -0.3 is 4.74 Å². The van der Waals surface area contributed by atoms with Crippen molar-refractivity contribution in [1.29, 1.82) is 0 Å². The van der Waals surface area contributed by atoms with E-state index in [1.54, 1.807) is 11.8 Å². The lowest BCUT2D eigenvalue weighted by Gasteiger charge is -2.20. The van der Waals surface area contributed by atoms with Crippen LogP contribution < -0.4 is 5.19 Å². The Bertz CT molecular complexity index is 385. The van der Waals surface area contributed by atoms with Crippen molar-refractivity contribution >= 4 is 31.0 Å². The first kappa shape index (κ1) is 14.3. The van der Waals surface area contributed by atoms with Crippen LogP contribution in [-0.4, -0.2) is 26.9 Å². The molecular formula is C13H20O2SSi. The Balaban J connectivity index is 2.68. The summed E-state index contributed by atoms with van der Waals surface area (Å²) in [6, 6.07) is 8.52. The van der Waals surface area contributed by atoms with E-state index in [4.69, 9.17) is 0 Å². The zero-order valence-corrected chi connectivity index (χ0v) is 12.8. The highest BCUT2D eigenvalue weighted by atomic mass is 32.2. The van der Waals surface area contributed by atoms with Gasteiger partial charge in [0.15, 0.2) is 0 Å². The molecule has 0 atom stereocenters. The van der Waals surface area contributed by atoms with Crippen molar-refractivity contribution in [1.82, 2.24) is 0 Å². The Morgan fingerprint density at radius 1 is 1.29 bits per heavy atom. The first-order valence-electron chi connectivity index (χ1n) is 5.74. The molecule has 1 aromatic carbocycles. The van der Waals surface area contributed by atoms with Crippen molar-refractivity contribution in [2.75, 3.05) is 12.9 Å². The second-order valence-electron chi connectivity index (χ2n) is 4.92. The fraction of sp³-hybridized carbons (Fsp3) is 0.462. The van der Waals surface area contributed by atoms with Gasteiger partial charge >= 0.3 is 5.97 Å². The van der Waals surface area contributed by atoms with E-state index in [2.05, 4.69) is 48.6 Å². The van der Waals surface area contributed by atoms with E-state index in [1.807, 2.05) is 0 Å². The van der Waals surface area contributed by atoms with Gasteiger partial charge in [0.1, 0.15) is 0 Å². The van der Waals surface area contributed by atoms with Crippen LogP contribution in [0.3, 0.4) is 0 Å². The smallest absolute Gasteiger partial charge is 0.306 e. The molecule has 0 aromatic heterocycles. The van der Waals surface area contributed by atoms with Gasteiger partial charge in [0.25, 0.3) is 0 Å². The van der Waals surface area contributed by atoms with Gasteiger partial charge in [-0.1, -0.05) is 37.8 Å². The van der Waals surface area contributed by atoms with Crippen LogP contribution in [0.5, 0.6) is 0 Å². The molecule has 0 amide bonds. The maximum Gasteiger partial charge on any atom is 0.306 e. The Morgan fingerprint density at radius 2 is 1.94 bits per heavy atom. The molecule has 0 aliphatic rings. The molecule has 94 valence electrons. The quantitative estimate of drug-likeness (QED) is 0.467. The minimum atomic E-state index is -1.30. The van der Waals surface area contributed by atoms with Crippen LogP contribution in [0.25, 0.3) is 0 Å². The van der Waals surface area contributed by atoms with Crippen molar-refractivity contribution in [3.05, 3.63) is 24.3 Å². The predicted octanol–water partition coefficient (Wildman–Crippen LogP) is 2.89. The summed E-state index contributed by atoms with van der Waals surface area (Å²) >= 11 is 1.75. The van der Waals surface area contributed by atoms with Crippen molar-refractivity contribution in [2.45, 2.75) is 31.0 Å². The van der Waals surface area contributed by atoms with Crippen LogP contribution in [0, 0.1) is 0 Å². The van der Waals surface area contributed by atoms with E-state index in [0.29, 0.717) is 6.42 Å². The van der Waals surface area contributed by atoms with E-state index in [1.165, 1.54) is 17.2 Å². The third kappa shape index (κ3) is 4.56. The van der Waals surface area contributed by atoms with Gasteiger partial charge in [0.2, 0.25) is 0 Å². The summed E-state index contributed by atoms with van der Waals surface area (Å²) in [5.74, 6) is 0.650. The molecule has 0 radical (unpaired) electrons. The maximum absolute atomic E-state index is 11.1. The lowest BCUT2D eigenvalue weighted by molar-refractivity contribution is -0.140. The van der Waals surface area contributed by atoms with Gasteiger partial charge in [-0.05, 0) is 11.3 Å². The Labute approximate surface area is 109 Å². The number of hydrogen-bond acceptors (Lipinski definition) is 3. The monoisotopic (exact) mass is 268 g/mol. The molecule has 17 heavy (non-hydrogen) atoms. The molecular weight excluding hydrogens is 248 g/mol. The van der Waals surface area contributed by atoms with Crippen molar-refractivity contribution in [3.63, 3.8) is 0 Å². The van der Waals surface area contributed by atoms with Crippen molar-refractivity contribution < 1.29 is 9.53 Å². The highest BCUT2D eigenvalue weighted by molar-refractivity contribution is 7.99. The largest absolute Gasteiger partial charge is 0.469 e. The summed E-state index contributed by atoms with van der Waals surface area (Å²) in [7, 11) is 0.133. The van der Waals surface area contributed by atoms with Gasteiger partial charge in [0.05, 0.1) is 21.6 Å². The number of esters is 1. The first-order valence-corrected chi connectivity index (χ1v) is 10.2. The van der Waals surface area contributed by atoms with Gasteiger partial charge in [-0.25, -0.2) is 0 Å². The summed E-state index contributed by atoms with van der Waals surface area (Å²) < 4.78 is 4.64. The van der Waals surface area contributed by atoms with Crippen LogP contribution in [0.4, 0.5) is 0 Å². The molecule has 0 N–H and O–H groups in total. The number of methoxy groups -OCH3 is 1. The summed E-state index contributed by atoms with van der Waals surface area (Å²) in [5, 5.41) is 1.47. The number of hydrogen-bond donors (Lipinski definition) is 0. The van der Waals surface area contributed by atoms with Crippen LogP contribution in [0.1, 0.15) is 6.42 Å².